The number of nitrogens with zero attached hydrogens (tertiary/aromatic N) is 1. The number of amides is 1. The molecule has 2 aromatic rings. The summed E-state index contributed by atoms with van der Waals surface area (Å²) >= 11 is 1.42. The van der Waals surface area contributed by atoms with Crippen LogP contribution < -0.4 is 15.4 Å². The monoisotopic (exact) mass is 375 g/mol. The highest BCUT2D eigenvalue weighted by molar-refractivity contribution is 7.14. The molecule has 140 valence electrons. The molecule has 0 bridgehead atoms. The van der Waals surface area contributed by atoms with E-state index < -0.39 is 5.60 Å². The molecule has 1 saturated heterocycles. The lowest BCUT2D eigenvalue weighted by atomic mass is 9.91. The summed E-state index contributed by atoms with van der Waals surface area (Å²) < 4.78 is 11.2. The summed E-state index contributed by atoms with van der Waals surface area (Å²) in [5.41, 5.74) is 1.06. The van der Waals surface area contributed by atoms with Gasteiger partial charge in [0.2, 0.25) is 0 Å². The van der Waals surface area contributed by atoms with Gasteiger partial charge in [-0.2, -0.15) is 0 Å². The molecule has 1 aromatic carbocycles. The van der Waals surface area contributed by atoms with Gasteiger partial charge in [-0.15, -0.1) is 11.3 Å². The number of hydrogen-bond donors (Lipinski definition) is 2. The van der Waals surface area contributed by atoms with Gasteiger partial charge in [0.15, 0.2) is 5.13 Å². The second-order valence-corrected chi connectivity index (χ2v) is 7.17. The number of rotatable bonds is 7. The van der Waals surface area contributed by atoms with E-state index in [4.69, 9.17) is 9.47 Å². The molecule has 1 aliphatic rings. The van der Waals surface area contributed by atoms with Gasteiger partial charge in [-0.3, -0.25) is 10.1 Å². The molecule has 7 heteroatoms. The molecule has 0 spiro atoms. The Morgan fingerprint density at radius 3 is 2.69 bits per heavy atom. The largest absolute Gasteiger partial charge is 0.494 e. The molecule has 6 nitrogen and oxygen atoms in total. The summed E-state index contributed by atoms with van der Waals surface area (Å²) in [6, 6.07) is 7.85. The Balaban J connectivity index is 1.66. The van der Waals surface area contributed by atoms with Gasteiger partial charge in [-0.1, -0.05) is 6.92 Å². The average molecular weight is 375 g/mol. The molecule has 0 aliphatic carbocycles. The van der Waals surface area contributed by atoms with Crippen LogP contribution in [0, 0.1) is 0 Å². The molecule has 0 saturated carbocycles. The van der Waals surface area contributed by atoms with Crippen molar-refractivity contribution >= 4 is 22.4 Å². The molecule has 2 heterocycles. The number of nitrogens with one attached hydrogen (secondary N) is 2. The number of anilines is 1. The van der Waals surface area contributed by atoms with Gasteiger partial charge in [0.1, 0.15) is 11.4 Å². The van der Waals surface area contributed by atoms with E-state index in [1.54, 1.807) is 7.11 Å². The van der Waals surface area contributed by atoms with Gasteiger partial charge < -0.3 is 14.8 Å². The molecule has 0 radical (unpaired) electrons. The number of carbonyl (C=O) groups excluding carboxylic acids is 1. The van der Waals surface area contributed by atoms with Crippen molar-refractivity contribution in [2.45, 2.75) is 31.8 Å². The molecular weight excluding hydrogens is 350 g/mol. The number of ether oxygens (including phenoxy) is 2. The SMILES string of the molecule is CCCOc1ccc(-c2csc(NC(=O)C3(OC)CCNCC3)n2)cc1. The van der Waals surface area contributed by atoms with Gasteiger partial charge in [-0.05, 0) is 56.6 Å². The van der Waals surface area contributed by atoms with Crippen molar-refractivity contribution in [1.82, 2.24) is 10.3 Å². The topological polar surface area (TPSA) is 72.5 Å². The van der Waals surface area contributed by atoms with E-state index in [9.17, 15) is 4.79 Å². The van der Waals surface area contributed by atoms with Crippen LogP contribution in [0.1, 0.15) is 26.2 Å². The third kappa shape index (κ3) is 4.23. The highest BCUT2D eigenvalue weighted by Gasteiger charge is 2.40. The van der Waals surface area contributed by atoms with E-state index in [0.717, 1.165) is 36.5 Å². The van der Waals surface area contributed by atoms with Crippen LogP contribution in [0.3, 0.4) is 0 Å². The number of methoxy groups -OCH3 is 1. The molecule has 3 rings (SSSR count). The zero-order valence-electron chi connectivity index (χ0n) is 15.2. The number of aromatic nitrogens is 1. The average Bonchev–Trinajstić information content (AvgIpc) is 3.15. The fourth-order valence-electron chi connectivity index (χ4n) is 2.97. The van der Waals surface area contributed by atoms with E-state index in [2.05, 4.69) is 22.5 Å². The maximum Gasteiger partial charge on any atom is 0.258 e. The van der Waals surface area contributed by atoms with Crippen LogP contribution in [0.15, 0.2) is 29.6 Å². The first-order valence-corrected chi connectivity index (χ1v) is 9.81. The van der Waals surface area contributed by atoms with Gasteiger partial charge in [0.05, 0.1) is 12.3 Å². The predicted molar refractivity (Wildman–Crippen MR) is 104 cm³/mol. The minimum atomic E-state index is -0.769. The molecule has 1 amide bonds. The quantitative estimate of drug-likeness (QED) is 0.777. The van der Waals surface area contributed by atoms with Crippen molar-refractivity contribution in [2.75, 3.05) is 32.1 Å². The van der Waals surface area contributed by atoms with Crippen LogP contribution in [0.5, 0.6) is 5.75 Å². The van der Waals surface area contributed by atoms with Crippen LogP contribution in [-0.4, -0.2) is 43.3 Å². The molecule has 26 heavy (non-hydrogen) atoms. The summed E-state index contributed by atoms with van der Waals surface area (Å²) in [5.74, 6) is 0.734. The Labute approximate surface area is 157 Å². The summed E-state index contributed by atoms with van der Waals surface area (Å²) in [6.07, 6.45) is 2.30. The first kappa shape index (κ1) is 18.8. The Hall–Kier alpha value is -1.96. The van der Waals surface area contributed by atoms with E-state index in [0.29, 0.717) is 24.6 Å². The lowest BCUT2D eigenvalue weighted by molar-refractivity contribution is -0.140. The maximum atomic E-state index is 12.7. The van der Waals surface area contributed by atoms with Crippen molar-refractivity contribution < 1.29 is 14.3 Å². The number of piperidine rings is 1. The van der Waals surface area contributed by atoms with Crippen molar-refractivity contribution in [3.63, 3.8) is 0 Å². The maximum absolute atomic E-state index is 12.7. The molecule has 1 aromatic heterocycles. The highest BCUT2D eigenvalue weighted by atomic mass is 32.1. The standard InChI is InChI=1S/C19H25N3O3S/c1-3-12-25-15-6-4-14(5-7-15)16-13-26-18(21-16)22-17(23)19(24-2)8-10-20-11-9-19/h4-7,13,20H,3,8-12H2,1-2H3,(H,21,22,23). The summed E-state index contributed by atoms with van der Waals surface area (Å²) in [5, 5.41) is 8.71. The predicted octanol–water partition coefficient (Wildman–Crippen LogP) is 3.31. The first-order chi connectivity index (χ1) is 12.7. The molecule has 2 N–H and O–H groups in total. The molecule has 0 atom stereocenters. The lowest BCUT2D eigenvalue weighted by Crippen LogP contribution is -2.51. The Morgan fingerprint density at radius 1 is 1.31 bits per heavy atom. The Bertz CT molecular complexity index is 724. The van der Waals surface area contributed by atoms with E-state index in [-0.39, 0.29) is 5.91 Å². The zero-order chi connectivity index (χ0) is 18.4. The third-order valence-electron chi connectivity index (χ3n) is 4.56. The Kier molecular flexibility index (Phi) is 6.24. The van der Waals surface area contributed by atoms with Gasteiger partial charge in [0.25, 0.3) is 5.91 Å². The van der Waals surface area contributed by atoms with Crippen molar-refractivity contribution in [2.24, 2.45) is 0 Å². The minimum Gasteiger partial charge on any atom is -0.494 e. The number of carbonyl (C=O) groups is 1. The van der Waals surface area contributed by atoms with E-state index in [1.165, 1.54) is 11.3 Å². The van der Waals surface area contributed by atoms with Crippen molar-refractivity contribution in [3.05, 3.63) is 29.6 Å². The zero-order valence-corrected chi connectivity index (χ0v) is 16.0. The van der Waals surface area contributed by atoms with E-state index in [1.807, 2.05) is 29.6 Å². The van der Waals surface area contributed by atoms with Crippen LogP contribution >= 0.6 is 11.3 Å². The molecule has 0 unspecified atom stereocenters. The second-order valence-electron chi connectivity index (χ2n) is 6.31. The second kappa shape index (κ2) is 8.62. The minimum absolute atomic E-state index is 0.120. The normalized spacial score (nSPS) is 16.2. The number of benzene rings is 1. The third-order valence-corrected chi connectivity index (χ3v) is 5.32. The van der Waals surface area contributed by atoms with Gasteiger partial charge in [0, 0.05) is 18.1 Å². The van der Waals surface area contributed by atoms with Crippen LogP contribution in [0.2, 0.25) is 0 Å². The summed E-state index contributed by atoms with van der Waals surface area (Å²) in [6.45, 7) is 4.34. The van der Waals surface area contributed by atoms with Crippen LogP contribution in [-0.2, 0) is 9.53 Å². The fraction of sp³-hybridized carbons (Fsp3) is 0.474. The van der Waals surface area contributed by atoms with Crippen LogP contribution in [0.4, 0.5) is 5.13 Å². The Morgan fingerprint density at radius 2 is 2.04 bits per heavy atom. The number of hydrogen-bond acceptors (Lipinski definition) is 6. The number of thiazole rings is 1. The summed E-state index contributed by atoms with van der Waals surface area (Å²) in [7, 11) is 1.60. The fourth-order valence-corrected chi connectivity index (χ4v) is 3.69. The highest BCUT2D eigenvalue weighted by Crippen LogP contribution is 2.29. The first-order valence-electron chi connectivity index (χ1n) is 8.93. The summed E-state index contributed by atoms with van der Waals surface area (Å²) in [4.78, 5) is 17.2. The smallest absolute Gasteiger partial charge is 0.258 e. The molecule has 1 fully saturated rings. The van der Waals surface area contributed by atoms with Crippen LogP contribution in [0.25, 0.3) is 11.3 Å². The van der Waals surface area contributed by atoms with Gasteiger partial charge in [-0.25, -0.2) is 4.98 Å². The van der Waals surface area contributed by atoms with Gasteiger partial charge >= 0.3 is 0 Å². The van der Waals surface area contributed by atoms with Crippen molar-refractivity contribution in [1.29, 1.82) is 0 Å². The van der Waals surface area contributed by atoms with Crippen molar-refractivity contribution in [3.8, 4) is 17.0 Å². The molecular formula is C19H25N3O3S. The van der Waals surface area contributed by atoms with E-state index >= 15 is 0 Å². The lowest BCUT2D eigenvalue weighted by Gasteiger charge is -2.34. The molecule has 1 aliphatic heterocycles.